The average molecular weight is 447 g/mol. The van der Waals surface area contributed by atoms with Gasteiger partial charge in [0.05, 0.1) is 16.3 Å². The first kappa shape index (κ1) is 20.4. The Bertz CT molecular complexity index is 1220. The van der Waals surface area contributed by atoms with Crippen LogP contribution in [0.5, 0.6) is 0 Å². The van der Waals surface area contributed by atoms with Gasteiger partial charge in [-0.3, -0.25) is 19.3 Å². The van der Waals surface area contributed by atoms with E-state index in [2.05, 4.69) is 10.3 Å². The largest absolute Gasteiger partial charge is 0.356 e. The normalized spacial score (nSPS) is 16.6. The van der Waals surface area contributed by atoms with E-state index in [1.54, 1.807) is 45.4 Å². The Morgan fingerprint density at radius 3 is 2.59 bits per heavy atom. The Morgan fingerprint density at radius 1 is 1.06 bits per heavy atom. The molecule has 2 aliphatic heterocycles. The summed E-state index contributed by atoms with van der Waals surface area (Å²) in [6.07, 6.45) is 0.302. The molecule has 1 atom stereocenters. The lowest BCUT2D eigenvalue weighted by atomic mass is 10.0. The average Bonchev–Trinajstić information content (AvgIpc) is 3.35. The summed E-state index contributed by atoms with van der Waals surface area (Å²) >= 11 is 1.58. The van der Waals surface area contributed by atoms with Gasteiger partial charge in [-0.25, -0.2) is 4.98 Å². The number of nitrogens with zero attached hydrogens (tertiary/aromatic N) is 3. The second kappa shape index (κ2) is 8.20. The van der Waals surface area contributed by atoms with Crippen LogP contribution in [0.1, 0.15) is 49.6 Å². The van der Waals surface area contributed by atoms with Crippen LogP contribution in [0.3, 0.4) is 0 Å². The van der Waals surface area contributed by atoms with E-state index < -0.39 is 6.17 Å². The number of aromatic nitrogens is 1. The molecule has 0 fully saturated rings. The van der Waals surface area contributed by atoms with Crippen molar-refractivity contribution in [2.45, 2.75) is 25.9 Å². The molecule has 7 nitrogen and oxygen atoms in total. The number of carbonyl (C=O) groups excluding carboxylic acids is 3. The second-order valence-corrected chi connectivity index (χ2v) is 8.83. The highest BCUT2D eigenvalue weighted by atomic mass is 32.1. The predicted molar refractivity (Wildman–Crippen MR) is 122 cm³/mol. The molecule has 32 heavy (non-hydrogen) atoms. The molecule has 0 aliphatic carbocycles. The number of carbonyl (C=O) groups is 3. The standard InChI is InChI=1S/C24H22N4O3S/c1-15-14-32-21(26-15)10-12-25-20(29)11-13-27-22-16-6-2-3-7-17(16)24(31)28(22)19-9-5-4-8-18(19)23(27)30/h2-9,14,22H,10-13H2,1H3,(H,25,29)/t22-/m1/s1. The molecule has 1 N–H and O–H groups in total. The molecule has 0 saturated heterocycles. The first-order valence-electron chi connectivity index (χ1n) is 10.5. The molecule has 2 aromatic carbocycles. The maximum atomic E-state index is 13.3. The smallest absolute Gasteiger partial charge is 0.260 e. The zero-order valence-corrected chi connectivity index (χ0v) is 18.4. The van der Waals surface area contributed by atoms with Crippen molar-refractivity contribution in [3.63, 3.8) is 0 Å². The number of para-hydroxylation sites is 1. The highest BCUT2D eigenvalue weighted by Gasteiger charge is 2.47. The molecule has 0 saturated carbocycles. The van der Waals surface area contributed by atoms with Gasteiger partial charge >= 0.3 is 0 Å². The van der Waals surface area contributed by atoms with E-state index in [1.807, 2.05) is 36.6 Å². The van der Waals surface area contributed by atoms with Gasteiger partial charge in [0.15, 0.2) is 0 Å². The first-order chi connectivity index (χ1) is 15.5. The number of benzene rings is 2. The Balaban J connectivity index is 1.33. The van der Waals surface area contributed by atoms with Crippen molar-refractivity contribution >= 4 is 34.7 Å². The van der Waals surface area contributed by atoms with Crippen LogP contribution in [0.25, 0.3) is 0 Å². The quantitative estimate of drug-likeness (QED) is 0.630. The predicted octanol–water partition coefficient (Wildman–Crippen LogP) is 3.32. The summed E-state index contributed by atoms with van der Waals surface area (Å²) in [5.41, 5.74) is 3.46. The van der Waals surface area contributed by atoms with Crippen molar-refractivity contribution in [2.75, 3.05) is 18.0 Å². The van der Waals surface area contributed by atoms with Gasteiger partial charge in [-0.2, -0.15) is 0 Å². The molecule has 1 aromatic heterocycles. The minimum absolute atomic E-state index is 0.126. The molecule has 3 heterocycles. The van der Waals surface area contributed by atoms with Crippen LogP contribution in [0.4, 0.5) is 5.69 Å². The van der Waals surface area contributed by atoms with Crippen LogP contribution < -0.4 is 10.2 Å². The molecular weight excluding hydrogens is 424 g/mol. The number of hydrogen-bond donors (Lipinski definition) is 1. The lowest BCUT2D eigenvalue weighted by Crippen LogP contribution is -2.49. The maximum Gasteiger partial charge on any atom is 0.260 e. The maximum absolute atomic E-state index is 13.3. The van der Waals surface area contributed by atoms with Crippen molar-refractivity contribution in [2.24, 2.45) is 0 Å². The zero-order valence-electron chi connectivity index (χ0n) is 17.6. The summed E-state index contributed by atoms with van der Waals surface area (Å²) < 4.78 is 0. The third kappa shape index (κ3) is 3.46. The van der Waals surface area contributed by atoms with Crippen LogP contribution in [-0.4, -0.2) is 40.7 Å². The van der Waals surface area contributed by atoms with Gasteiger partial charge in [0.2, 0.25) is 5.91 Å². The molecule has 3 aromatic rings. The Kier molecular flexibility index (Phi) is 5.22. The SMILES string of the molecule is Cc1csc(CCNC(=O)CCN2C(=O)c3ccccc3N3C(=O)c4ccccc4[C@H]23)n1. The van der Waals surface area contributed by atoms with E-state index in [1.165, 1.54) is 0 Å². The van der Waals surface area contributed by atoms with Crippen molar-refractivity contribution in [1.29, 1.82) is 0 Å². The number of anilines is 1. The van der Waals surface area contributed by atoms with Gasteiger partial charge in [-0.15, -0.1) is 11.3 Å². The van der Waals surface area contributed by atoms with Gasteiger partial charge in [0.25, 0.3) is 11.8 Å². The van der Waals surface area contributed by atoms with Gasteiger partial charge in [-0.1, -0.05) is 30.3 Å². The molecule has 0 radical (unpaired) electrons. The minimum atomic E-state index is -0.535. The van der Waals surface area contributed by atoms with E-state index in [9.17, 15) is 14.4 Å². The van der Waals surface area contributed by atoms with Crippen LogP contribution in [-0.2, 0) is 11.2 Å². The third-order valence-electron chi connectivity index (χ3n) is 5.79. The number of rotatable bonds is 6. The number of nitrogens with one attached hydrogen (secondary N) is 1. The fourth-order valence-electron chi connectivity index (χ4n) is 4.34. The number of thiazole rings is 1. The number of amides is 3. The lowest BCUT2D eigenvalue weighted by Gasteiger charge is -2.40. The summed E-state index contributed by atoms with van der Waals surface area (Å²) in [4.78, 5) is 46.7. The molecule has 0 unspecified atom stereocenters. The molecule has 5 rings (SSSR count). The molecule has 0 bridgehead atoms. The van der Waals surface area contributed by atoms with Crippen molar-refractivity contribution < 1.29 is 14.4 Å². The molecule has 3 amide bonds. The monoisotopic (exact) mass is 446 g/mol. The summed E-state index contributed by atoms with van der Waals surface area (Å²) in [5.74, 6) is -0.426. The first-order valence-corrected chi connectivity index (χ1v) is 11.4. The van der Waals surface area contributed by atoms with Crippen LogP contribution in [0.15, 0.2) is 53.9 Å². The summed E-state index contributed by atoms with van der Waals surface area (Å²) in [5, 5.41) is 5.89. The van der Waals surface area contributed by atoms with Gasteiger partial charge in [0.1, 0.15) is 6.17 Å². The Hall–Kier alpha value is -3.52. The third-order valence-corrected chi connectivity index (χ3v) is 6.82. The summed E-state index contributed by atoms with van der Waals surface area (Å²) in [7, 11) is 0. The Morgan fingerprint density at radius 2 is 1.81 bits per heavy atom. The topological polar surface area (TPSA) is 82.6 Å². The van der Waals surface area contributed by atoms with E-state index in [-0.39, 0.29) is 30.7 Å². The fourth-order valence-corrected chi connectivity index (χ4v) is 5.11. The highest BCUT2D eigenvalue weighted by Crippen LogP contribution is 2.45. The van der Waals surface area contributed by atoms with Gasteiger partial charge < -0.3 is 10.2 Å². The van der Waals surface area contributed by atoms with E-state index in [4.69, 9.17) is 0 Å². The Labute approximate surface area is 189 Å². The molecule has 8 heteroatoms. The summed E-state index contributed by atoms with van der Waals surface area (Å²) in [6, 6.07) is 14.5. The highest BCUT2D eigenvalue weighted by molar-refractivity contribution is 7.09. The molecule has 162 valence electrons. The summed E-state index contributed by atoms with van der Waals surface area (Å²) in [6.45, 7) is 2.67. The second-order valence-electron chi connectivity index (χ2n) is 7.88. The van der Waals surface area contributed by atoms with E-state index in [0.29, 0.717) is 29.8 Å². The fraction of sp³-hybridized carbons (Fsp3) is 0.250. The van der Waals surface area contributed by atoms with E-state index >= 15 is 0 Å². The number of aryl methyl sites for hydroxylation is 1. The van der Waals surface area contributed by atoms with Crippen molar-refractivity contribution in [3.05, 3.63) is 81.3 Å². The molecule has 0 spiro atoms. The van der Waals surface area contributed by atoms with Crippen molar-refractivity contribution in [1.82, 2.24) is 15.2 Å². The van der Waals surface area contributed by atoms with E-state index in [0.717, 1.165) is 16.3 Å². The van der Waals surface area contributed by atoms with Crippen LogP contribution >= 0.6 is 11.3 Å². The number of fused-ring (bicyclic) bond motifs is 5. The van der Waals surface area contributed by atoms with Crippen LogP contribution in [0.2, 0.25) is 0 Å². The van der Waals surface area contributed by atoms with Crippen molar-refractivity contribution in [3.8, 4) is 0 Å². The minimum Gasteiger partial charge on any atom is -0.356 e. The zero-order chi connectivity index (χ0) is 22.2. The molecular formula is C24H22N4O3S. The molecule has 2 aliphatic rings. The number of hydrogen-bond acceptors (Lipinski definition) is 5. The van der Waals surface area contributed by atoms with Gasteiger partial charge in [-0.05, 0) is 25.1 Å². The van der Waals surface area contributed by atoms with Gasteiger partial charge in [0, 0.05) is 48.1 Å². The lowest BCUT2D eigenvalue weighted by molar-refractivity contribution is -0.121. The van der Waals surface area contributed by atoms with Crippen LogP contribution in [0, 0.1) is 6.92 Å².